The van der Waals surface area contributed by atoms with Gasteiger partial charge in [0, 0.05) is 6.54 Å². The molecule has 0 heterocycles. The Morgan fingerprint density at radius 1 is 1.00 bits per heavy atom. The molecule has 1 saturated carbocycles. The van der Waals surface area contributed by atoms with Crippen LogP contribution >= 0.6 is 0 Å². The first-order valence-electron chi connectivity index (χ1n) is 6.79. The van der Waals surface area contributed by atoms with E-state index in [0.717, 1.165) is 24.6 Å². The summed E-state index contributed by atoms with van der Waals surface area (Å²) in [5.41, 5.74) is 3.17. The highest BCUT2D eigenvalue weighted by Crippen LogP contribution is 2.67. The van der Waals surface area contributed by atoms with E-state index in [9.17, 15) is 0 Å². The molecule has 0 aromatic heterocycles. The summed E-state index contributed by atoms with van der Waals surface area (Å²) in [6.07, 6.45) is 0. The van der Waals surface area contributed by atoms with E-state index in [1.807, 2.05) is 12.1 Å². The van der Waals surface area contributed by atoms with Crippen LogP contribution in [0.3, 0.4) is 0 Å². The van der Waals surface area contributed by atoms with Crippen molar-refractivity contribution in [2.24, 2.45) is 16.7 Å². The van der Waals surface area contributed by atoms with Gasteiger partial charge in [0.2, 0.25) is 0 Å². The third-order valence-corrected chi connectivity index (χ3v) is 5.20. The van der Waals surface area contributed by atoms with Crippen LogP contribution in [0.15, 0.2) is 24.3 Å². The van der Waals surface area contributed by atoms with Gasteiger partial charge < -0.3 is 10.4 Å². The van der Waals surface area contributed by atoms with Crippen molar-refractivity contribution in [2.75, 3.05) is 6.54 Å². The molecule has 0 radical (unpaired) electrons. The molecule has 1 aromatic carbocycles. The minimum absolute atomic E-state index is 0.123. The van der Waals surface area contributed by atoms with Crippen LogP contribution in [-0.2, 0) is 13.2 Å². The Morgan fingerprint density at radius 3 is 1.94 bits per heavy atom. The highest BCUT2D eigenvalue weighted by Gasteiger charge is 2.63. The van der Waals surface area contributed by atoms with Crippen molar-refractivity contribution in [1.82, 2.24) is 5.32 Å². The number of hydrogen-bond donors (Lipinski definition) is 2. The molecule has 1 fully saturated rings. The maximum absolute atomic E-state index is 8.99. The van der Waals surface area contributed by atoms with Crippen LogP contribution in [-0.4, -0.2) is 11.7 Å². The van der Waals surface area contributed by atoms with Crippen LogP contribution in [0.2, 0.25) is 0 Å². The highest BCUT2D eigenvalue weighted by molar-refractivity contribution is 5.22. The summed E-state index contributed by atoms with van der Waals surface area (Å²) >= 11 is 0. The first-order valence-corrected chi connectivity index (χ1v) is 6.79. The smallest absolute Gasteiger partial charge is 0.0681 e. The molecule has 100 valence electrons. The average Bonchev–Trinajstić information content (AvgIpc) is 2.72. The third-order valence-electron chi connectivity index (χ3n) is 5.20. The molecule has 2 N–H and O–H groups in total. The number of aliphatic hydroxyl groups is 1. The monoisotopic (exact) mass is 247 g/mol. The summed E-state index contributed by atoms with van der Waals surface area (Å²) in [4.78, 5) is 0. The average molecular weight is 247 g/mol. The Balaban J connectivity index is 1.79. The van der Waals surface area contributed by atoms with E-state index in [-0.39, 0.29) is 6.61 Å². The second-order valence-electron chi connectivity index (χ2n) is 6.60. The lowest BCUT2D eigenvalue weighted by molar-refractivity contribution is 0.282. The summed E-state index contributed by atoms with van der Waals surface area (Å²) < 4.78 is 0. The van der Waals surface area contributed by atoms with E-state index in [0.29, 0.717) is 10.8 Å². The Bertz CT molecular complexity index is 392. The molecule has 1 aromatic rings. The van der Waals surface area contributed by atoms with Crippen LogP contribution in [0.4, 0.5) is 0 Å². The second-order valence-corrected chi connectivity index (χ2v) is 6.60. The Morgan fingerprint density at radius 2 is 1.50 bits per heavy atom. The van der Waals surface area contributed by atoms with Gasteiger partial charge in [0.1, 0.15) is 0 Å². The normalized spacial score (nSPS) is 20.9. The van der Waals surface area contributed by atoms with Gasteiger partial charge >= 0.3 is 0 Å². The maximum atomic E-state index is 8.99. The van der Waals surface area contributed by atoms with Crippen molar-refractivity contribution in [3.05, 3.63) is 35.4 Å². The van der Waals surface area contributed by atoms with Crippen LogP contribution < -0.4 is 5.32 Å². The van der Waals surface area contributed by atoms with Crippen molar-refractivity contribution in [1.29, 1.82) is 0 Å². The van der Waals surface area contributed by atoms with Crippen molar-refractivity contribution in [3.63, 3.8) is 0 Å². The van der Waals surface area contributed by atoms with Crippen LogP contribution in [0.1, 0.15) is 38.8 Å². The molecule has 0 aliphatic heterocycles. The van der Waals surface area contributed by atoms with Gasteiger partial charge in [-0.1, -0.05) is 52.0 Å². The van der Waals surface area contributed by atoms with E-state index >= 15 is 0 Å². The molecule has 2 nitrogen and oxygen atoms in total. The first-order chi connectivity index (χ1) is 8.39. The minimum Gasteiger partial charge on any atom is -0.392 e. The lowest BCUT2D eigenvalue weighted by Gasteiger charge is -2.07. The number of benzene rings is 1. The summed E-state index contributed by atoms with van der Waals surface area (Å²) in [5, 5.41) is 12.5. The zero-order chi connectivity index (χ0) is 13.4. The van der Waals surface area contributed by atoms with Crippen molar-refractivity contribution < 1.29 is 5.11 Å². The van der Waals surface area contributed by atoms with Gasteiger partial charge in [0.25, 0.3) is 0 Å². The maximum Gasteiger partial charge on any atom is 0.0681 e. The Hall–Kier alpha value is -0.860. The predicted molar refractivity (Wildman–Crippen MR) is 75.1 cm³/mol. The molecular formula is C16H25NO. The van der Waals surface area contributed by atoms with Crippen LogP contribution in [0, 0.1) is 16.7 Å². The van der Waals surface area contributed by atoms with Crippen molar-refractivity contribution in [2.45, 2.75) is 40.8 Å². The molecule has 0 amide bonds. The topological polar surface area (TPSA) is 32.3 Å². The fourth-order valence-electron chi connectivity index (χ4n) is 2.97. The van der Waals surface area contributed by atoms with E-state index in [4.69, 9.17) is 5.11 Å². The van der Waals surface area contributed by atoms with E-state index in [1.54, 1.807) is 0 Å². The number of hydrogen-bond acceptors (Lipinski definition) is 2. The molecule has 1 aliphatic carbocycles. The number of rotatable bonds is 5. The van der Waals surface area contributed by atoms with Gasteiger partial charge in [-0.15, -0.1) is 0 Å². The molecule has 18 heavy (non-hydrogen) atoms. The molecule has 1 aliphatic rings. The highest BCUT2D eigenvalue weighted by atomic mass is 16.3. The van der Waals surface area contributed by atoms with Gasteiger partial charge in [-0.3, -0.25) is 0 Å². The fraction of sp³-hybridized carbons (Fsp3) is 0.625. The molecule has 0 bridgehead atoms. The fourth-order valence-corrected chi connectivity index (χ4v) is 2.97. The largest absolute Gasteiger partial charge is 0.392 e. The first kappa shape index (κ1) is 13.6. The Labute approximate surface area is 110 Å². The summed E-state index contributed by atoms with van der Waals surface area (Å²) in [5.74, 6) is 0.765. The summed E-state index contributed by atoms with van der Waals surface area (Å²) in [6.45, 7) is 11.5. The zero-order valence-corrected chi connectivity index (χ0v) is 12.0. The number of aliphatic hydroxyl groups excluding tert-OH is 1. The quantitative estimate of drug-likeness (QED) is 0.838. The van der Waals surface area contributed by atoms with Crippen molar-refractivity contribution >= 4 is 0 Å². The second kappa shape index (κ2) is 4.67. The Kier molecular flexibility index (Phi) is 3.52. The van der Waals surface area contributed by atoms with Gasteiger partial charge in [-0.05, 0) is 34.4 Å². The van der Waals surface area contributed by atoms with Crippen LogP contribution in [0.5, 0.6) is 0 Å². The van der Waals surface area contributed by atoms with Crippen LogP contribution in [0.25, 0.3) is 0 Å². The summed E-state index contributed by atoms with van der Waals surface area (Å²) in [6, 6.07) is 8.15. The zero-order valence-electron chi connectivity index (χ0n) is 12.0. The van der Waals surface area contributed by atoms with Gasteiger partial charge in [0.15, 0.2) is 0 Å². The van der Waals surface area contributed by atoms with Crippen molar-refractivity contribution in [3.8, 4) is 0 Å². The third kappa shape index (κ3) is 2.32. The molecule has 0 saturated heterocycles. The molecule has 0 unspecified atom stereocenters. The molecule has 2 rings (SSSR count). The van der Waals surface area contributed by atoms with Gasteiger partial charge in [-0.25, -0.2) is 0 Å². The standard InChI is InChI=1S/C16H25NO/c1-15(2)14(16(15,3)4)10-17-9-12-5-7-13(11-18)8-6-12/h5-8,14,17-18H,9-11H2,1-4H3. The molecule has 0 atom stereocenters. The number of nitrogens with one attached hydrogen (secondary N) is 1. The van der Waals surface area contributed by atoms with Gasteiger partial charge in [0.05, 0.1) is 6.61 Å². The van der Waals surface area contributed by atoms with E-state index in [1.165, 1.54) is 5.56 Å². The van der Waals surface area contributed by atoms with E-state index in [2.05, 4.69) is 45.1 Å². The van der Waals surface area contributed by atoms with Gasteiger partial charge in [-0.2, -0.15) is 0 Å². The summed E-state index contributed by atoms with van der Waals surface area (Å²) in [7, 11) is 0. The molecule has 2 heteroatoms. The SMILES string of the molecule is CC1(C)C(CNCc2ccc(CO)cc2)C1(C)C. The molecule has 0 spiro atoms. The molecular weight excluding hydrogens is 222 g/mol. The lowest BCUT2D eigenvalue weighted by atomic mass is 10.0. The predicted octanol–water partition coefficient (Wildman–Crippen LogP) is 2.95. The minimum atomic E-state index is 0.123. The lowest BCUT2D eigenvalue weighted by Crippen LogP contribution is -2.18. The van der Waals surface area contributed by atoms with E-state index < -0.39 is 0 Å².